The van der Waals surface area contributed by atoms with Crippen molar-refractivity contribution < 1.29 is 0 Å². The van der Waals surface area contributed by atoms with E-state index in [2.05, 4.69) is 259 Å². The van der Waals surface area contributed by atoms with Crippen LogP contribution >= 0.6 is 0 Å². The standard InChI is InChI=1S/C67H72BN3/c1-62(2,3)39-23-28-45(29-24-39)70-55-37-43(66(13,14)15)36-50-57-56-49-35-42(65(10,11)12)26-31-52(49)69(44-21-19-18-20-22-44)54(56)38-47-46-33-41(64(7,8)9)27-32-53(46)71(59(47)57)68(58(50)55)61-60(70)48-34-40(63(4,5)6)25-30-51(48)67(61,16)17/h18-38H,1-17H3. The van der Waals surface area contributed by atoms with Crippen LogP contribution in [0.3, 0.4) is 0 Å². The summed E-state index contributed by atoms with van der Waals surface area (Å²) >= 11 is 0. The van der Waals surface area contributed by atoms with Gasteiger partial charge in [-0.05, 0) is 144 Å². The molecule has 3 nitrogen and oxygen atoms in total. The molecular formula is C67H72BN3. The van der Waals surface area contributed by atoms with Gasteiger partial charge in [0, 0.05) is 71.9 Å². The molecule has 0 amide bonds. The zero-order valence-corrected chi connectivity index (χ0v) is 45.5. The molecule has 0 unspecified atom stereocenters. The first-order valence-corrected chi connectivity index (χ1v) is 26.3. The summed E-state index contributed by atoms with van der Waals surface area (Å²) in [5.74, 6) is 0. The number of aromatic nitrogens is 2. The quantitative estimate of drug-likeness (QED) is 0.157. The molecule has 71 heavy (non-hydrogen) atoms. The first kappa shape index (κ1) is 45.9. The van der Waals surface area contributed by atoms with E-state index in [0.717, 1.165) is 0 Å². The summed E-state index contributed by atoms with van der Waals surface area (Å²) in [5.41, 5.74) is 24.8. The van der Waals surface area contributed by atoms with Gasteiger partial charge in [-0.3, -0.25) is 0 Å². The van der Waals surface area contributed by atoms with Crippen molar-refractivity contribution >= 4 is 73.0 Å². The van der Waals surface area contributed by atoms with E-state index in [1.807, 2.05) is 0 Å². The van der Waals surface area contributed by atoms with Gasteiger partial charge in [0.05, 0.1) is 11.0 Å². The van der Waals surface area contributed by atoms with Crippen LogP contribution < -0.4 is 10.4 Å². The number of hydrogen-bond donors (Lipinski definition) is 0. The summed E-state index contributed by atoms with van der Waals surface area (Å²) in [7, 11) is 0. The van der Waals surface area contributed by atoms with E-state index in [-0.39, 0.29) is 39.3 Å². The summed E-state index contributed by atoms with van der Waals surface area (Å²) in [6.07, 6.45) is 0. The van der Waals surface area contributed by atoms with Gasteiger partial charge < -0.3 is 13.9 Å². The van der Waals surface area contributed by atoms with Crippen molar-refractivity contribution in [2.45, 2.75) is 150 Å². The average Bonchev–Trinajstić information content (AvgIpc) is 3.88. The van der Waals surface area contributed by atoms with E-state index in [9.17, 15) is 0 Å². The Morgan fingerprint density at radius 1 is 0.437 bits per heavy atom. The van der Waals surface area contributed by atoms with E-state index in [4.69, 9.17) is 0 Å². The van der Waals surface area contributed by atoms with Gasteiger partial charge in [0.25, 0.3) is 0 Å². The molecule has 0 N–H and O–H groups in total. The molecule has 0 fully saturated rings. The van der Waals surface area contributed by atoms with Gasteiger partial charge in [0.2, 0.25) is 0 Å². The topological polar surface area (TPSA) is 13.1 Å². The van der Waals surface area contributed by atoms with E-state index < -0.39 is 0 Å². The zero-order chi connectivity index (χ0) is 50.4. The Labute approximate surface area is 423 Å². The first-order chi connectivity index (χ1) is 33.2. The minimum absolute atomic E-state index is 0.0185. The molecule has 358 valence electrons. The maximum Gasteiger partial charge on any atom is 0.329 e. The summed E-state index contributed by atoms with van der Waals surface area (Å²) in [4.78, 5) is 2.71. The van der Waals surface area contributed by atoms with Crippen LogP contribution in [0.2, 0.25) is 0 Å². The lowest BCUT2D eigenvalue weighted by molar-refractivity contribution is 0.588. The SMILES string of the molecule is CC(C)(C)c1ccc(N2C3=C(B4c5c(cc(C(C)(C)C)cc52)-c2c5c6cc(C(C)(C)C)ccc6n(-c6ccccc6)c5cc5c6cc(C(C)(C)C)ccc6n4c25)C(C)(C)c2ccc(C(C)(C)C)cc23)cc1. The van der Waals surface area contributed by atoms with Gasteiger partial charge in [-0.25, -0.2) is 0 Å². The number of benzene rings is 7. The Morgan fingerprint density at radius 2 is 0.972 bits per heavy atom. The molecule has 7 aromatic carbocycles. The molecule has 0 bridgehead atoms. The van der Waals surface area contributed by atoms with Crippen LogP contribution in [0.1, 0.15) is 157 Å². The normalized spacial score (nSPS) is 15.7. The van der Waals surface area contributed by atoms with E-state index in [1.54, 1.807) is 0 Å². The summed E-state index contributed by atoms with van der Waals surface area (Å²) in [6, 6.07) is 50.7. The molecule has 0 spiro atoms. The van der Waals surface area contributed by atoms with Gasteiger partial charge in [0.15, 0.2) is 0 Å². The van der Waals surface area contributed by atoms with E-state index >= 15 is 0 Å². The highest BCUT2D eigenvalue weighted by molar-refractivity contribution is 6.86. The Hall–Kier alpha value is -6.26. The molecule has 1 aliphatic carbocycles. The second-order valence-electron chi connectivity index (χ2n) is 27.2. The Bertz CT molecular complexity index is 3780. The second-order valence-corrected chi connectivity index (χ2v) is 27.2. The Kier molecular flexibility index (Phi) is 9.34. The minimum atomic E-state index is -0.298. The fourth-order valence-electron chi connectivity index (χ4n) is 12.7. The summed E-state index contributed by atoms with van der Waals surface area (Å²) in [6.45, 7) is 40.4. The lowest BCUT2D eigenvalue weighted by Crippen LogP contribution is -2.52. The van der Waals surface area contributed by atoms with Crippen LogP contribution in [0.25, 0.3) is 66.1 Å². The molecule has 0 saturated heterocycles. The lowest BCUT2D eigenvalue weighted by atomic mass is 9.40. The number of allylic oxidation sites excluding steroid dienone is 1. The van der Waals surface area contributed by atoms with Gasteiger partial charge in [0.1, 0.15) is 0 Å². The molecule has 2 aliphatic heterocycles. The number of rotatable bonds is 2. The van der Waals surface area contributed by atoms with Crippen LogP contribution in [0.5, 0.6) is 0 Å². The molecule has 12 rings (SSSR count). The van der Waals surface area contributed by atoms with Gasteiger partial charge in [-0.2, -0.15) is 0 Å². The van der Waals surface area contributed by atoms with E-state index in [0.29, 0.717) is 0 Å². The lowest BCUT2D eigenvalue weighted by Gasteiger charge is -2.44. The molecule has 9 aromatic rings. The molecule has 0 radical (unpaired) electrons. The Morgan fingerprint density at radius 3 is 1.58 bits per heavy atom. The number of para-hydroxylation sites is 1. The third-order valence-electron chi connectivity index (χ3n) is 16.9. The predicted octanol–water partition coefficient (Wildman–Crippen LogP) is 17.5. The molecular weight excluding hydrogens is 858 g/mol. The molecule has 4 heteroatoms. The minimum Gasteiger partial charge on any atom is -0.376 e. The monoisotopic (exact) mass is 930 g/mol. The fourth-order valence-corrected chi connectivity index (χ4v) is 12.7. The maximum atomic E-state index is 2.83. The van der Waals surface area contributed by atoms with Crippen LogP contribution in [0.15, 0.2) is 133 Å². The summed E-state index contributed by atoms with van der Waals surface area (Å²) < 4.78 is 5.39. The van der Waals surface area contributed by atoms with Crippen molar-refractivity contribution in [2.24, 2.45) is 0 Å². The second kappa shape index (κ2) is 14.5. The van der Waals surface area contributed by atoms with Crippen molar-refractivity contribution in [1.29, 1.82) is 0 Å². The van der Waals surface area contributed by atoms with Crippen molar-refractivity contribution in [3.05, 3.63) is 172 Å². The average molecular weight is 930 g/mol. The zero-order valence-electron chi connectivity index (χ0n) is 45.5. The fraction of sp³-hybridized carbons (Fsp3) is 0.343. The van der Waals surface area contributed by atoms with Crippen molar-refractivity contribution in [3.63, 3.8) is 0 Å². The highest BCUT2D eigenvalue weighted by Crippen LogP contribution is 2.59. The molecule has 4 heterocycles. The largest absolute Gasteiger partial charge is 0.376 e. The molecule has 2 aromatic heterocycles. The highest BCUT2D eigenvalue weighted by Gasteiger charge is 2.54. The molecule has 0 atom stereocenters. The van der Waals surface area contributed by atoms with Crippen molar-refractivity contribution in [2.75, 3.05) is 4.90 Å². The third-order valence-corrected chi connectivity index (χ3v) is 16.9. The number of anilines is 2. The van der Waals surface area contributed by atoms with Crippen LogP contribution in [0, 0.1) is 0 Å². The predicted molar refractivity (Wildman–Crippen MR) is 308 cm³/mol. The van der Waals surface area contributed by atoms with Gasteiger partial charge >= 0.3 is 6.85 Å². The summed E-state index contributed by atoms with van der Waals surface area (Å²) in [5, 5.41) is 5.29. The van der Waals surface area contributed by atoms with E-state index in [1.165, 1.54) is 127 Å². The van der Waals surface area contributed by atoms with Crippen molar-refractivity contribution in [3.8, 4) is 16.8 Å². The highest BCUT2D eigenvalue weighted by atomic mass is 15.2. The van der Waals surface area contributed by atoms with Crippen LogP contribution in [-0.2, 0) is 32.5 Å². The van der Waals surface area contributed by atoms with Gasteiger partial charge in [-0.15, -0.1) is 0 Å². The van der Waals surface area contributed by atoms with Crippen molar-refractivity contribution in [1.82, 2.24) is 9.05 Å². The maximum absolute atomic E-state index is 2.83. The van der Waals surface area contributed by atoms with Crippen LogP contribution in [0.4, 0.5) is 11.4 Å². The molecule has 0 saturated carbocycles. The first-order valence-electron chi connectivity index (χ1n) is 26.3. The number of hydrogen-bond acceptors (Lipinski definition) is 1. The van der Waals surface area contributed by atoms with Gasteiger partial charge in [-0.1, -0.05) is 178 Å². The third kappa shape index (κ3) is 6.54. The number of fused-ring (bicyclic) bond motifs is 12. The smallest absolute Gasteiger partial charge is 0.329 e. The number of nitrogens with zero attached hydrogens (tertiary/aromatic N) is 3. The molecule has 3 aliphatic rings. The van der Waals surface area contributed by atoms with Crippen LogP contribution in [-0.4, -0.2) is 15.9 Å². The Balaban J connectivity index is 1.34.